The summed E-state index contributed by atoms with van der Waals surface area (Å²) in [6.45, 7) is 4.45. The number of carbonyl (C=O) groups is 1. The molecule has 1 aromatic rings. The van der Waals surface area contributed by atoms with Crippen molar-refractivity contribution in [1.82, 2.24) is 4.90 Å². The highest BCUT2D eigenvalue weighted by atomic mass is 32.1. The van der Waals surface area contributed by atoms with Crippen LogP contribution in [0.2, 0.25) is 0 Å². The van der Waals surface area contributed by atoms with E-state index in [1.807, 2.05) is 31.4 Å². The molecule has 0 unspecified atom stereocenters. The van der Waals surface area contributed by atoms with E-state index in [-0.39, 0.29) is 24.2 Å². The van der Waals surface area contributed by atoms with Crippen molar-refractivity contribution in [2.24, 2.45) is 10.9 Å². The van der Waals surface area contributed by atoms with E-state index in [1.54, 1.807) is 16.2 Å². The Labute approximate surface area is 105 Å². The van der Waals surface area contributed by atoms with Crippen LogP contribution in [0.3, 0.4) is 0 Å². The molecule has 94 valence electrons. The molecule has 1 heterocycles. The fourth-order valence-corrected chi connectivity index (χ4v) is 2.12. The van der Waals surface area contributed by atoms with Gasteiger partial charge in [0.05, 0.1) is 13.0 Å². The van der Waals surface area contributed by atoms with Crippen LogP contribution in [0.15, 0.2) is 22.7 Å². The first kappa shape index (κ1) is 13.5. The van der Waals surface area contributed by atoms with Gasteiger partial charge in [-0.15, -0.1) is 11.3 Å². The normalized spacial score (nSPS) is 11.8. The van der Waals surface area contributed by atoms with Gasteiger partial charge in [-0.1, -0.05) is 11.2 Å². The summed E-state index contributed by atoms with van der Waals surface area (Å²) in [5, 5.41) is 13.2. The van der Waals surface area contributed by atoms with Crippen molar-refractivity contribution in [3.8, 4) is 0 Å². The van der Waals surface area contributed by atoms with E-state index in [2.05, 4.69) is 5.16 Å². The predicted molar refractivity (Wildman–Crippen MR) is 68.0 cm³/mol. The van der Waals surface area contributed by atoms with Crippen molar-refractivity contribution in [2.75, 3.05) is 0 Å². The second kappa shape index (κ2) is 6.24. The van der Waals surface area contributed by atoms with E-state index in [4.69, 9.17) is 10.9 Å². The fourth-order valence-electron chi connectivity index (χ4n) is 1.42. The molecule has 0 aliphatic carbocycles. The molecule has 0 fully saturated rings. The lowest BCUT2D eigenvalue weighted by Gasteiger charge is -2.26. The van der Waals surface area contributed by atoms with Gasteiger partial charge in [-0.3, -0.25) is 4.79 Å². The van der Waals surface area contributed by atoms with E-state index in [1.165, 1.54) is 0 Å². The second-order valence-corrected chi connectivity index (χ2v) is 5.00. The number of carbonyl (C=O) groups excluding carboxylic acids is 1. The minimum atomic E-state index is -0.135. The monoisotopic (exact) mass is 255 g/mol. The first-order valence-corrected chi connectivity index (χ1v) is 6.20. The number of amides is 1. The van der Waals surface area contributed by atoms with E-state index >= 15 is 0 Å². The summed E-state index contributed by atoms with van der Waals surface area (Å²) in [6.07, 6.45) is -0.0555. The molecule has 0 radical (unpaired) electrons. The number of hydrogen-bond acceptors (Lipinski definition) is 4. The molecule has 6 heteroatoms. The number of rotatable bonds is 5. The van der Waals surface area contributed by atoms with Gasteiger partial charge in [-0.25, -0.2) is 0 Å². The van der Waals surface area contributed by atoms with Gasteiger partial charge in [0.15, 0.2) is 0 Å². The third kappa shape index (κ3) is 4.07. The van der Waals surface area contributed by atoms with Gasteiger partial charge in [0.1, 0.15) is 5.84 Å². The van der Waals surface area contributed by atoms with Crippen molar-refractivity contribution in [2.45, 2.75) is 32.9 Å². The van der Waals surface area contributed by atoms with Crippen LogP contribution < -0.4 is 5.73 Å². The van der Waals surface area contributed by atoms with Crippen molar-refractivity contribution < 1.29 is 10.0 Å². The Morgan fingerprint density at radius 3 is 2.82 bits per heavy atom. The highest BCUT2D eigenvalue weighted by Gasteiger charge is 2.18. The molecule has 17 heavy (non-hydrogen) atoms. The lowest BCUT2D eigenvalue weighted by molar-refractivity contribution is -0.132. The third-order valence-corrected chi connectivity index (χ3v) is 3.17. The lowest BCUT2D eigenvalue weighted by atomic mass is 10.2. The fraction of sp³-hybridized carbons (Fsp3) is 0.455. The Bertz CT molecular complexity index is 387. The summed E-state index contributed by atoms with van der Waals surface area (Å²) in [6, 6.07) is 4.01. The van der Waals surface area contributed by atoms with E-state index in [9.17, 15) is 4.79 Å². The highest BCUT2D eigenvalue weighted by Crippen LogP contribution is 2.14. The van der Waals surface area contributed by atoms with Gasteiger partial charge in [0.2, 0.25) is 5.91 Å². The quantitative estimate of drug-likeness (QED) is 0.363. The van der Waals surface area contributed by atoms with Crippen LogP contribution in [0, 0.1) is 0 Å². The van der Waals surface area contributed by atoms with E-state index in [0.29, 0.717) is 6.54 Å². The van der Waals surface area contributed by atoms with Crippen molar-refractivity contribution in [3.05, 3.63) is 22.4 Å². The first-order chi connectivity index (χ1) is 8.04. The molecule has 0 atom stereocenters. The first-order valence-electron chi connectivity index (χ1n) is 5.32. The average molecular weight is 255 g/mol. The Hall–Kier alpha value is -1.56. The summed E-state index contributed by atoms with van der Waals surface area (Å²) in [4.78, 5) is 14.8. The standard InChI is InChI=1S/C11H17N3O2S/c1-8(2)14(7-9-4-3-5-17-9)11(15)6-10(12)13-16/h3-5,8,16H,6-7H2,1-2H3,(H2,12,13). The molecular formula is C11H17N3O2S. The van der Waals surface area contributed by atoms with Crippen molar-refractivity contribution >= 4 is 23.1 Å². The van der Waals surface area contributed by atoms with Crippen LogP contribution in [-0.2, 0) is 11.3 Å². The van der Waals surface area contributed by atoms with Gasteiger partial charge < -0.3 is 15.8 Å². The van der Waals surface area contributed by atoms with Crippen LogP contribution in [0.4, 0.5) is 0 Å². The van der Waals surface area contributed by atoms with E-state index in [0.717, 1.165) is 4.88 Å². The summed E-state index contributed by atoms with van der Waals surface area (Å²) >= 11 is 1.61. The van der Waals surface area contributed by atoms with Crippen LogP contribution in [0.1, 0.15) is 25.1 Å². The summed E-state index contributed by atoms with van der Waals surface area (Å²) in [5.74, 6) is -0.199. The second-order valence-electron chi connectivity index (χ2n) is 3.96. The van der Waals surface area contributed by atoms with Crippen molar-refractivity contribution in [1.29, 1.82) is 0 Å². The summed E-state index contributed by atoms with van der Waals surface area (Å²) in [5.41, 5.74) is 5.34. The molecule has 0 spiro atoms. The highest BCUT2D eigenvalue weighted by molar-refractivity contribution is 7.09. The number of oxime groups is 1. The molecular weight excluding hydrogens is 238 g/mol. The van der Waals surface area contributed by atoms with Crippen LogP contribution in [-0.4, -0.2) is 27.9 Å². The Morgan fingerprint density at radius 2 is 2.35 bits per heavy atom. The lowest BCUT2D eigenvalue weighted by Crippen LogP contribution is -2.38. The number of nitrogens with zero attached hydrogens (tertiary/aromatic N) is 2. The number of nitrogens with two attached hydrogens (primary N) is 1. The van der Waals surface area contributed by atoms with Crippen LogP contribution >= 0.6 is 11.3 Å². The molecule has 1 aromatic heterocycles. The topological polar surface area (TPSA) is 78.9 Å². The summed E-state index contributed by atoms with van der Waals surface area (Å²) in [7, 11) is 0. The number of hydrogen-bond donors (Lipinski definition) is 2. The third-order valence-electron chi connectivity index (χ3n) is 2.31. The zero-order valence-electron chi connectivity index (χ0n) is 9.96. The maximum atomic E-state index is 11.9. The average Bonchev–Trinajstić information content (AvgIpc) is 2.77. The molecule has 0 saturated heterocycles. The van der Waals surface area contributed by atoms with Gasteiger partial charge >= 0.3 is 0 Å². The molecule has 0 aliphatic heterocycles. The van der Waals surface area contributed by atoms with Gasteiger partial charge in [0.25, 0.3) is 0 Å². The smallest absolute Gasteiger partial charge is 0.230 e. The maximum Gasteiger partial charge on any atom is 0.230 e. The SMILES string of the molecule is CC(C)N(Cc1cccs1)C(=O)CC(N)=NO. The Balaban J connectivity index is 2.69. The van der Waals surface area contributed by atoms with E-state index < -0.39 is 0 Å². The number of thiophene rings is 1. The minimum Gasteiger partial charge on any atom is -0.409 e. The van der Waals surface area contributed by atoms with Crippen LogP contribution in [0.5, 0.6) is 0 Å². The van der Waals surface area contributed by atoms with Gasteiger partial charge in [-0.2, -0.15) is 0 Å². The molecule has 1 rings (SSSR count). The summed E-state index contributed by atoms with van der Waals surface area (Å²) < 4.78 is 0. The minimum absolute atomic E-state index is 0.0555. The predicted octanol–water partition coefficient (Wildman–Crippen LogP) is 1.62. The molecule has 3 N–H and O–H groups in total. The van der Waals surface area contributed by atoms with Gasteiger partial charge in [0, 0.05) is 10.9 Å². The maximum absolute atomic E-state index is 11.9. The molecule has 0 saturated carbocycles. The van der Waals surface area contributed by atoms with Gasteiger partial charge in [-0.05, 0) is 25.3 Å². The van der Waals surface area contributed by atoms with Crippen LogP contribution in [0.25, 0.3) is 0 Å². The molecule has 0 aliphatic rings. The van der Waals surface area contributed by atoms with Crippen molar-refractivity contribution in [3.63, 3.8) is 0 Å². The largest absolute Gasteiger partial charge is 0.409 e. The molecule has 1 amide bonds. The molecule has 5 nitrogen and oxygen atoms in total. The zero-order valence-corrected chi connectivity index (χ0v) is 10.8. The molecule has 0 bridgehead atoms. The Kier molecular flexibility index (Phi) is 4.96. The Morgan fingerprint density at radius 1 is 1.65 bits per heavy atom. The zero-order chi connectivity index (χ0) is 12.8. The number of amidine groups is 1. The molecule has 0 aromatic carbocycles.